The predicted molar refractivity (Wildman–Crippen MR) is 57.5 cm³/mol. The highest BCUT2D eigenvalue weighted by molar-refractivity contribution is 7.18. The molecule has 0 aliphatic carbocycles. The zero-order valence-corrected chi connectivity index (χ0v) is 8.17. The highest BCUT2D eigenvalue weighted by Crippen LogP contribution is 2.31. The normalized spacial score (nSPS) is 10.6. The van der Waals surface area contributed by atoms with E-state index < -0.39 is 0 Å². The van der Waals surface area contributed by atoms with Crippen LogP contribution in [0.3, 0.4) is 0 Å². The van der Waals surface area contributed by atoms with E-state index in [0.717, 1.165) is 16.4 Å². The van der Waals surface area contributed by atoms with Gasteiger partial charge in [-0.25, -0.2) is 0 Å². The van der Waals surface area contributed by atoms with E-state index in [1.807, 2.05) is 6.07 Å². The number of aliphatic hydroxyl groups excluding tert-OH is 1. The summed E-state index contributed by atoms with van der Waals surface area (Å²) in [6.07, 6.45) is 0.768. The summed E-state index contributed by atoms with van der Waals surface area (Å²) in [5.74, 6) is 0. The Labute approximate surface area is 84.8 Å². The van der Waals surface area contributed by atoms with Crippen LogP contribution in [0.4, 0.5) is 5.69 Å². The maximum Gasteiger partial charge on any atom is 0.151 e. The fraction of sp³-hybridized carbons (Fsp3) is 0.100. The molecule has 0 fully saturated rings. The molecule has 0 unspecified atom stereocenters. The van der Waals surface area contributed by atoms with Gasteiger partial charge >= 0.3 is 0 Å². The first kappa shape index (κ1) is 9.18. The lowest BCUT2D eigenvalue weighted by Crippen LogP contribution is -1.92. The van der Waals surface area contributed by atoms with Crippen LogP contribution in [0.15, 0.2) is 17.5 Å². The molecule has 4 heteroatoms. The van der Waals surface area contributed by atoms with Crippen molar-refractivity contribution in [2.45, 2.75) is 6.61 Å². The van der Waals surface area contributed by atoms with Gasteiger partial charge in [-0.1, -0.05) is 12.1 Å². The number of aldehydes is 1. The molecule has 72 valence electrons. The van der Waals surface area contributed by atoms with Crippen molar-refractivity contribution in [1.29, 1.82) is 0 Å². The number of hydrogen-bond acceptors (Lipinski definition) is 4. The first-order valence-corrected chi connectivity index (χ1v) is 5.00. The van der Waals surface area contributed by atoms with Gasteiger partial charge in [0.05, 0.1) is 12.3 Å². The van der Waals surface area contributed by atoms with Crippen LogP contribution < -0.4 is 5.73 Å². The van der Waals surface area contributed by atoms with E-state index in [-0.39, 0.29) is 6.61 Å². The molecule has 0 bridgehead atoms. The summed E-state index contributed by atoms with van der Waals surface area (Å²) >= 11 is 1.43. The van der Waals surface area contributed by atoms with Gasteiger partial charge in [-0.15, -0.1) is 11.3 Å². The molecule has 2 aromatic rings. The Morgan fingerprint density at radius 3 is 2.93 bits per heavy atom. The number of nitrogen functional groups attached to an aromatic ring is 1. The summed E-state index contributed by atoms with van der Waals surface area (Å²) < 4.78 is 0.851. The molecule has 0 aliphatic rings. The van der Waals surface area contributed by atoms with Gasteiger partial charge in [-0.2, -0.15) is 0 Å². The first-order chi connectivity index (χ1) is 6.77. The van der Waals surface area contributed by atoms with Crippen LogP contribution in [-0.2, 0) is 6.61 Å². The number of carbonyl (C=O) groups is 1. The Kier molecular flexibility index (Phi) is 2.23. The molecule has 0 saturated carbocycles. The standard InChI is InChI=1S/C10H9NO2S/c11-9-5-14-10-7(9)2-1-6(3-12)8(10)4-13/h1-2,4-5,12H,3,11H2. The Morgan fingerprint density at radius 1 is 1.50 bits per heavy atom. The van der Waals surface area contributed by atoms with Crippen molar-refractivity contribution in [3.05, 3.63) is 28.6 Å². The first-order valence-electron chi connectivity index (χ1n) is 4.12. The van der Waals surface area contributed by atoms with Gasteiger partial charge in [0.25, 0.3) is 0 Å². The summed E-state index contributed by atoms with van der Waals surface area (Å²) in [6.45, 7) is -0.123. The molecule has 14 heavy (non-hydrogen) atoms. The third-order valence-electron chi connectivity index (χ3n) is 2.19. The fourth-order valence-electron chi connectivity index (χ4n) is 1.45. The van der Waals surface area contributed by atoms with Gasteiger partial charge in [0.1, 0.15) is 0 Å². The van der Waals surface area contributed by atoms with E-state index in [4.69, 9.17) is 10.8 Å². The molecule has 0 amide bonds. The average molecular weight is 207 g/mol. The molecule has 0 radical (unpaired) electrons. The van der Waals surface area contributed by atoms with Crippen LogP contribution in [0.5, 0.6) is 0 Å². The summed E-state index contributed by atoms with van der Waals surface area (Å²) in [6, 6.07) is 3.56. The second-order valence-corrected chi connectivity index (χ2v) is 3.86. The lowest BCUT2D eigenvalue weighted by molar-refractivity contribution is 0.112. The van der Waals surface area contributed by atoms with Crippen molar-refractivity contribution in [3.8, 4) is 0 Å². The van der Waals surface area contributed by atoms with E-state index >= 15 is 0 Å². The van der Waals surface area contributed by atoms with Crippen molar-refractivity contribution in [1.82, 2.24) is 0 Å². The molecule has 1 aromatic heterocycles. The van der Waals surface area contributed by atoms with E-state index in [0.29, 0.717) is 16.8 Å². The van der Waals surface area contributed by atoms with Crippen molar-refractivity contribution in [3.63, 3.8) is 0 Å². The van der Waals surface area contributed by atoms with Gasteiger partial charge in [0.2, 0.25) is 0 Å². The maximum atomic E-state index is 10.9. The molecule has 1 aromatic carbocycles. The zero-order chi connectivity index (χ0) is 10.1. The molecule has 0 atom stereocenters. The molecule has 0 saturated heterocycles. The number of fused-ring (bicyclic) bond motifs is 1. The molecule has 1 heterocycles. The monoisotopic (exact) mass is 207 g/mol. The summed E-state index contributed by atoms with van der Waals surface area (Å²) in [7, 11) is 0. The SMILES string of the molecule is Nc1csc2c(C=O)c(CO)ccc12. The van der Waals surface area contributed by atoms with E-state index in [1.54, 1.807) is 11.4 Å². The number of aliphatic hydroxyl groups is 1. The minimum atomic E-state index is -0.123. The smallest absolute Gasteiger partial charge is 0.151 e. The molecule has 3 nitrogen and oxygen atoms in total. The number of anilines is 1. The van der Waals surface area contributed by atoms with E-state index in [2.05, 4.69) is 0 Å². The average Bonchev–Trinajstić information content (AvgIpc) is 2.59. The minimum Gasteiger partial charge on any atom is -0.398 e. The quantitative estimate of drug-likeness (QED) is 0.738. The molecule has 2 rings (SSSR count). The topological polar surface area (TPSA) is 63.3 Å². The number of thiophene rings is 1. The summed E-state index contributed by atoms with van der Waals surface area (Å²) in [5.41, 5.74) is 7.60. The Balaban J connectivity index is 2.84. The van der Waals surface area contributed by atoms with Crippen LogP contribution >= 0.6 is 11.3 Å². The number of benzene rings is 1. The molecular formula is C10H9NO2S. The lowest BCUT2D eigenvalue weighted by Gasteiger charge is -2.01. The van der Waals surface area contributed by atoms with Gasteiger partial charge in [0.15, 0.2) is 6.29 Å². The molecule has 3 N–H and O–H groups in total. The lowest BCUT2D eigenvalue weighted by atomic mass is 10.1. The highest BCUT2D eigenvalue weighted by Gasteiger charge is 2.09. The van der Waals surface area contributed by atoms with Gasteiger partial charge < -0.3 is 10.8 Å². The predicted octanol–water partition coefficient (Wildman–Crippen LogP) is 1.79. The fourth-order valence-corrected chi connectivity index (χ4v) is 2.44. The second kappa shape index (κ2) is 3.40. The number of rotatable bonds is 2. The largest absolute Gasteiger partial charge is 0.398 e. The van der Waals surface area contributed by atoms with Crippen LogP contribution in [0, 0.1) is 0 Å². The van der Waals surface area contributed by atoms with Crippen LogP contribution in [0.2, 0.25) is 0 Å². The molecule has 0 spiro atoms. The number of nitrogens with two attached hydrogens (primary N) is 1. The third kappa shape index (κ3) is 1.20. The summed E-state index contributed by atoms with van der Waals surface area (Å²) in [4.78, 5) is 10.9. The van der Waals surface area contributed by atoms with E-state index in [1.165, 1.54) is 11.3 Å². The third-order valence-corrected chi connectivity index (χ3v) is 3.24. The minimum absolute atomic E-state index is 0.123. The molecular weight excluding hydrogens is 198 g/mol. The number of carbonyl (C=O) groups excluding carboxylic acids is 1. The van der Waals surface area contributed by atoms with Gasteiger partial charge in [-0.05, 0) is 5.56 Å². The summed E-state index contributed by atoms with van der Waals surface area (Å²) in [5, 5.41) is 11.7. The van der Waals surface area contributed by atoms with Gasteiger partial charge in [0, 0.05) is 21.0 Å². The Bertz CT molecular complexity index is 490. The van der Waals surface area contributed by atoms with Crippen LogP contribution in [0.1, 0.15) is 15.9 Å². The zero-order valence-electron chi connectivity index (χ0n) is 7.36. The molecule has 0 aliphatic heterocycles. The van der Waals surface area contributed by atoms with E-state index in [9.17, 15) is 4.79 Å². The highest BCUT2D eigenvalue weighted by atomic mass is 32.1. The number of hydrogen-bond donors (Lipinski definition) is 2. The maximum absolute atomic E-state index is 10.9. The van der Waals surface area contributed by atoms with Crippen molar-refractivity contribution in [2.24, 2.45) is 0 Å². The Morgan fingerprint density at radius 2 is 2.29 bits per heavy atom. The van der Waals surface area contributed by atoms with Crippen molar-refractivity contribution < 1.29 is 9.90 Å². The van der Waals surface area contributed by atoms with Gasteiger partial charge in [-0.3, -0.25) is 4.79 Å². The second-order valence-electron chi connectivity index (χ2n) is 2.98. The van der Waals surface area contributed by atoms with Crippen LogP contribution in [0.25, 0.3) is 10.1 Å². The van der Waals surface area contributed by atoms with Crippen molar-refractivity contribution in [2.75, 3.05) is 5.73 Å². The van der Waals surface area contributed by atoms with Crippen molar-refractivity contribution >= 4 is 33.4 Å². The Hall–Kier alpha value is -1.39. The van der Waals surface area contributed by atoms with Crippen LogP contribution in [-0.4, -0.2) is 11.4 Å².